The molecule has 0 aromatic heterocycles. The SMILES string of the molecule is COc1cccc(C2CCN(CCCSC)C2)c1OC. The summed E-state index contributed by atoms with van der Waals surface area (Å²) in [6.07, 6.45) is 4.67. The highest BCUT2D eigenvalue weighted by Gasteiger charge is 2.26. The summed E-state index contributed by atoms with van der Waals surface area (Å²) in [4.78, 5) is 2.57. The molecule has 0 bridgehead atoms. The second-order valence-electron chi connectivity index (χ2n) is 5.22. The molecule has 1 aromatic rings. The Bertz CT molecular complexity index is 425. The van der Waals surface area contributed by atoms with Gasteiger partial charge in [-0.05, 0) is 44.0 Å². The van der Waals surface area contributed by atoms with E-state index in [-0.39, 0.29) is 0 Å². The molecule has 1 aromatic carbocycles. The highest BCUT2D eigenvalue weighted by atomic mass is 32.2. The largest absolute Gasteiger partial charge is 0.493 e. The van der Waals surface area contributed by atoms with Gasteiger partial charge in [-0.15, -0.1) is 0 Å². The van der Waals surface area contributed by atoms with Crippen molar-refractivity contribution >= 4 is 11.8 Å². The number of rotatable bonds is 7. The third-order valence-corrected chi connectivity index (χ3v) is 4.67. The minimum absolute atomic E-state index is 0.564. The van der Waals surface area contributed by atoms with Gasteiger partial charge < -0.3 is 14.4 Å². The Morgan fingerprint density at radius 1 is 1.30 bits per heavy atom. The van der Waals surface area contributed by atoms with Gasteiger partial charge in [-0.3, -0.25) is 0 Å². The van der Waals surface area contributed by atoms with Gasteiger partial charge in [0.25, 0.3) is 0 Å². The first-order chi connectivity index (χ1) is 9.80. The van der Waals surface area contributed by atoms with E-state index >= 15 is 0 Å². The summed E-state index contributed by atoms with van der Waals surface area (Å²) in [7, 11) is 3.43. The molecule has 0 saturated carbocycles. The first kappa shape index (κ1) is 15.5. The van der Waals surface area contributed by atoms with Gasteiger partial charge in [0, 0.05) is 18.0 Å². The predicted molar refractivity (Wildman–Crippen MR) is 86.3 cm³/mol. The number of para-hydroxylation sites is 1. The summed E-state index contributed by atoms with van der Waals surface area (Å²) in [6, 6.07) is 6.21. The molecule has 1 aliphatic heterocycles. The van der Waals surface area contributed by atoms with Crippen LogP contribution in [0.5, 0.6) is 11.5 Å². The smallest absolute Gasteiger partial charge is 0.164 e. The van der Waals surface area contributed by atoms with Crippen molar-refractivity contribution in [1.29, 1.82) is 0 Å². The van der Waals surface area contributed by atoms with Crippen molar-refractivity contribution < 1.29 is 9.47 Å². The lowest BCUT2D eigenvalue weighted by Crippen LogP contribution is -2.22. The highest BCUT2D eigenvalue weighted by molar-refractivity contribution is 7.98. The minimum Gasteiger partial charge on any atom is -0.493 e. The van der Waals surface area contributed by atoms with Crippen molar-refractivity contribution in [1.82, 2.24) is 4.90 Å². The zero-order valence-electron chi connectivity index (χ0n) is 12.7. The maximum absolute atomic E-state index is 5.57. The molecule has 1 aliphatic rings. The third-order valence-electron chi connectivity index (χ3n) is 3.97. The summed E-state index contributed by atoms with van der Waals surface area (Å²) in [5.41, 5.74) is 1.29. The van der Waals surface area contributed by atoms with Crippen LogP contribution in [0.25, 0.3) is 0 Å². The van der Waals surface area contributed by atoms with Crippen molar-refractivity contribution in [2.75, 3.05) is 45.9 Å². The Hall–Kier alpha value is -0.870. The van der Waals surface area contributed by atoms with Crippen molar-refractivity contribution in [3.8, 4) is 11.5 Å². The van der Waals surface area contributed by atoms with Crippen LogP contribution < -0.4 is 9.47 Å². The number of ether oxygens (including phenoxy) is 2. The van der Waals surface area contributed by atoms with Crippen molar-refractivity contribution in [2.24, 2.45) is 0 Å². The number of benzene rings is 1. The number of nitrogens with zero attached hydrogens (tertiary/aromatic N) is 1. The van der Waals surface area contributed by atoms with Gasteiger partial charge in [0.05, 0.1) is 14.2 Å². The first-order valence-electron chi connectivity index (χ1n) is 7.22. The van der Waals surface area contributed by atoms with Gasteiger partial charge in [0.15, 0.2) is 11.5 Å². The molecule has 3 nitrogen and oxygen atoms in total. The van der Waals surface area contributed by atoms with Crippen molar-refractivity contribution in [3.63, 3.8) is 0 Å². The number of methoxy groups -OCH3 is 2. The van der Waals surface area contributed by atoms with Gasteiger partial charge in [0.1, 0.15) is 0 Å². The Balaban J connectivity index is 2.02. The van der Waals surface area contributed by atoms with E-state index in [2.05, 4.69) is 23.3 Å². The van der Waals surface area contributed by atoms with E-state index in [1.807, 2.05) is 17.8 Å². The van der Waals surface area contributed by atoms with Crippen LogP contribution in [-0.2, 0) is 0 Å². The van der Waals surface area contributed by atoms with E-state index in [0.717, 1.165) is 18.0 Å². The lowest BCUT2D eigenvalue weighted by atomic mass is 9.97. The monoisotopic (exact) mass is 295 g/mol. The molecule has 0 radical (unpaired) electrons. The zero-order chi connectivity index (χ0) is 14.4. The van der Waals surface area contributed by atoms with Crippen LogP contribution in [0.1, 0.15) is 24.3 Å². The lowest BCUT2D eigenvalue weighted by Gasteiger charge is -2.18. The van der Waals surface area contributed by atoms with E-state index in [9.17, 15) is 0 Å². The van der Waals surface area contributed by atoms with E-state index in [4.69, 9.17) is 9.47 Å². The molecular weight excluding hydrogens is 270 g/mol. The second kappa shape index (κ2) is 7.79. The Morgan fingerprint density at radius 2 is 2.15 bits per heavy atom. The van der Waals surface area contributed by atoms with Gasteiger partial charge in [-0.1, -0.05) is 12.1 Å². The molecule has 0 amide bonds. The zero-order valence-corrected chi connectivity index (χ0v) is 13.5. The highest BCUT2D eigenvalue weighted by Crippen LogP contribution is 2.39. The molecule has 0 spiro atoms. The third kappa shape index (κ3) is 3.61. The number of hydrogen-bond donors (Lipinski definition) is 0. The molecule has 20 heavy (non-hydrogen) atoms. The Labute approximate surface area is 126 Å². The fraction of sp³-hybridized carbons (Fsp3) is 0.625. The molecule has 1 fully saturated rings. The van der Waals surface area contributed by atoms with Crippen LogP contribution in [0.4, 0.5) is 0 Å². The number of thioether (sulfide) groups is 1. The predicted octanol–water partition coefficient (Wildman–Crippen LogP) is 3.25. The average Bonchev–Trinajstić information content (AvgIpc) is 2.95. The fourth-order valence-corrected chi connectivity index (χ4v) is 3.37. The molecule has 1 atom stereocenters. The molecule has 0 aliphatic carbocycles. The number of likely N-dealkylation sites (tertiary alicyclic amines) is 1. The van der Waals surface area contributed by atoms with Gasteiger partial charge in [0.2, 0.25) is 0 Å². The van der Waals surface area contributed by atoms with Gasteiger partial charge in [-0.25, -0.2) is 0 Å². The van der Waals surface area contributed by atoms with Crippen molar-refractivity contribution in [3.05, 3.63) is 23.8 Å². The maximum atomic E-state index is 5.57. The second-order valence-corrected chi connectivity index (χ2v) is 6.20. The summed E-state index contributed by atoms with van der Waals surface area (Å²) >= 11 is 1.93. The van der Waals surface area contributed by atoms with E-state index in [1.165, 1.54) is 37.2 Å². The molecular formula is C16H25NO2S. The molecule has 0 N–H and O–H groups in total. The minimum atomic E-state index is 0.564. The average molecular weight is 295 g/mol. The van der Waals surface area contributed by atoms with Crippen LogP contribution in [-0.4, -0.2) is 50.8 Å². The lowest BCUT2D eigenvalue weighted by molar-refractivity contribution is 0.331. The fourth-order valence-electron chi connectivity index (χ4n) is 2.96. The molecule has 1 heterocycles. The van der Waals surface area contributed by atoms with E-state index in [1.54, 1.807) is 14.2 Å². The summed E-state index contributed by atoms with van der Waals surface area (Å²) in [5, 5.41) is 0. The van der Waals surface area contributed by atoms with Crippen LogP contribution in [0.15, 0.2) is 18.2 Å². The van der Waals surface area contributed by atoms with Gasteiger partial charge in [-0.2, -0.15) is 11.8 Å². The Morgan fingerprint density at radius 3 is 2.85 bits per heavy atom. The van der Waals surface area contributed by atoms with Gasteiger partial charge >= 0.3 is 0 Å². The summed E-state index contributed by atoms with van der Waals surface area (Å²) in [6.45, 7) is 3.54. The molecule has 4 heteroatoms. The Kier molecular flexibility index (Phi) is 6.05. The summed E-state index contributed by atoms with van der Waals surface area (Å²) < 4.78 is 11.0. The standard InChI is InChI=1S/C16H25NO2S/c1-18-15-7-4-6-14(16(15)19-2)13-8-10-17(12-13)9-5-11-20-3/h4,6-7,13H,5,8-12H2,1-3H3. The quantitative estimate of drug-likeness (QED) is 0.720. The topological polar surface area (TPSA) is 21.7 Å². The van der Waals surface area contributed by atoms with E-state index in [0.29, 0.717) is 5.92 Å². The maximum Gasteiger partial charge on any atom is 0.164 e. The van der Waals surface area contributed by atoms with Crippen LogP contribution in [0.3, 0.4) is 0 Å². The molecule has 2 rings (SSSR count). The first-order valence-corrected chi connectivity index (χ1v) is 8.61. The number of hydrogen-bond acceptors (Lipinski definition) is 4. The van der Waals surface area contributed by atoms with E-state index < -0.39 is 0 Å². The normalized spacial score (nSPS) is 19.2. The van der Waals surface area contributed by atoms with Crippen LogP contribution in [0.2, 0.25) is 0 Å². The molecule has 1 saturated heterocycles. The van der Waals surface area contributed by atoms with Crippen LogP contribution >= 0.6 is 11.8 Å². The van der Waals surface area contributed by atoms with Crippen LogP contribution in [0, 0.1) is 0 Å². The molecule has 1 unspecified atom stereocenters. The summed E-state index contributed by atoms with van der Waals surface area (Å²) in [5.74, 6) is 3.56. The van der Waals surface area contributed by atoms with Crippen molar-refractivity contribution in [2.45, 2.75) is 18.8 Å². The molecule has 112 valence electrons.